The van der Waals surface area contributed by atoms with Gasteiger partial charge in [-0.25, -0.2) is 4.39 Å². The van der Waals surface area contributed by atoms with Gasteiger partial charge in [0.15, 0.2) is 0 Å². The van der Waals surface area contributed by atoms with E-state index in [-0.39, 0.29) is 11.7 Å². The van der Waals surface area contributed by atoms with E-state index < -0.39 is 0 Å². The van der Waals surface area contributed by atoms with Crippen molar-refractivity contribution in [1.29, 1.82) is 0 Å². The van der Waals surface area contributed by atoms with Crippen LogP contribution in [0.1, 0.15) is 38.2 Å². The monoisotopic (exact) mass is 341 g/mol. The summed E-state index contributed by atoms with van der Waals surface area (Å²) in [6.07, 6.45) is 6.16. The number of nitrogens with zero attached hydrogens (tertiary/aromatic N) is 3. The maximum Gasteiger partial charge on any atom is 0.219 e. The fourth-order valence-corrected chi connectivity index (χ4v) is 4.63. The number of likely N-dealkylation sites (tertiary alicyclic amines) is 2. The molecule has 0 bridgehead atoms. The van der Waals surface area contributed by atoms with Crippen molar-refractivity contribution in [1.82, 2.24) is 14.8 Å². The van der Waals surface area contributed by atoms with Crippen molar-refractivity contribution >= 4 is 16.8 Å². The highest BCUT2D eigenvalue weighted by atomic mass is 19.1. The third-order valence-electron chi connectivity index (χ3n) is 5.68. The Bertz CT molecular complexity index is 794. The van der Waals surface area contributed by atoms with Crippen LogP contribution in [0.4, 0.5) is 4.39 Å². The van der Waals surface area contributed by atoms with Crippen molar-refractivity contribution in [2.75, 3.05) is 13.1 Å². The summed E-state index contributed by atoms with van der Waals surface area (Å²) in [5.74, 6) is -0.0373. The summed E-state index contributed by atoms with van der Waals surface area (Å²) in [5, 5.41) is 0.847. The molecule has 2 fully saturated rings. The Morgan fingerprint density at radius 1 is 1.24 bits per heavy atom. The number of rotatable bonds is 3. The Labute approximate surface area is 147 Å². The lowest BCUT2D eigenvalue weighted by molar-refractivity contribution is -0.130. The van der Waals surface area contributed by atoms with Gasteiger partial charge in [-0.15, -0.1) is 0 Å². The summed E-state index contributed by atoms with van der Waals surface area (Å²) in [5.41, 5.74) is 1.82. The van der Waals surface area contributed by atoms with Crippen LogP contribution in [0.5, 0.6) is 0 Å². The SMILES string of the molecule is CC(=O)N1CCCC1C1CCCN1Cc1cc(F)cc2cccnc12. The maximum atomic E-state index is 14.0. The standard InChI is InChI=1S/C20H24FN3O/c1-14(25)24-10-4-7-19(24)18-6-3-9-23(18)13-16-12-17(21)11-15-5-2-8-22-20(15)16/h2,5,8,11-12,18-19H,3-4,6-7,9-10,13H2,1H3. The number of hydrogen-bond donors (Lipinski definition) is 0. The molecule has 0 spiro atoms. The molecule has 0 N–H and O–H groups in total. The number of fused-ring (bicyclic) bond motifs is 1. The van der Waals surface area contributed by atoms with Crippen LogP contribution in [0.25, 0.3) is 10.9 Å². The average molecular weight is 341 g/mol. The summed E-state index contributed by atoms with van der Waals surface area (Å²) in [4.78, 5) is 20.9. The lowest BCUT2D eigenvalue weighted by Gasteiger charge is -2.34. The Kier molecular flexibility index (Phi) is 4.42. The molecule has 4 nitrogen and oxygen atoms in total. The van der Waals surface area contributed by atoms with Gasteiger partial charge in [-0.1, -0.05) is 6.07 Å². The fraction of sp³-hybridized carbons (Fsp3) is 0.500. The minimum absolute atomic E-state index is 0.173. The van der Waals surface area contributed by atoms with E-state index in [4.69, 9.17) is 0 Å². The van der Waals surface area contributed by atoms with Crippen molar-refractivity contribution in [3.63, 3.8) is 0 Å². The number of amides is 1. The Morgan fingerprint density at radius 3 is 2.88 bits per heavy atom. The second-order valence-corrected chi connectivity index (χ2v) is 7.24. The number of carbonyl (C=O) groups is 1. The molecule has 3 heterocycles. The molecule has 2 aliphatic heterocycles. The number of benzene rings is 1. The molecule has 5 heteroatoms. The Morgan fingerprint density at radius 2 is 2.04 bits per heavy atom. The molecule has 0 radical (unpaired) electrons. The predicted molar refractivity (Wildman–Crippen MR) is 95.5 cm³/mol. The number of aromatic nitrogens is 1. The first kappa shape index (κ1) is 16.5. The molecule has 25 heavy (non-hydrogen) atoms. The summed E-state index contributed by atoms with van der Waals surface area (Å²) in [6, 6.07) is 7.57. The van der Waals surface area contributed by atoms with Crippen LogP contribution in [0.15, 0.2) is 30.5 Å². The van der Waals surface area contributed by atoms with Gasteiger partial charge in [0.1, 0.15) is 5.82 Å². The molecule has 2 unspecified atom stereocenters. The maximum absolute atomic E-state index is 14.0. The normalized spacial score (nSPS) is 24.3. The highest BCUT2D eigenvalue weighted by Crippen LogP contribution is 2.32. The first-order valence-corrected chi connectivity index (χ1v) is 9.18. The third-order valence-corrected chi connectivity index (χ3v) is 5.68. The Hall–Kier alpha value is -2.01. The molecule has 0 aliphatic carbocycles. The first-order valence-electron chi connectivity index (χ1n) is 9.18. The fourth-order valence-electron chi connectivity index (χ4n) is 4.63. The summed E-state index contributed by atoms with van der Waals surface area (Å²) < 4.78 is 14.0. The number of pyridine rings is 1. The van der Waals surface area contributed by atoms with Gasteiger partial charge in [0.2, 0.25) is 5.91 Å². The van der Waals surface area contributed by atoms with E-state index in [2.05, 4.69) is 9.88 Å². The average Bonchev–Trinajstić information content (AvgIpc) is 3.23. The zero-order valence-electron chi connectivity index (χ0n) is 14.6. The van der Waals surface area contributed by atoms with Crippen LogP contribution in [-0.2, 0) is 11.3 Å². The Balaban J connectivity index is 1.61. The van der Waals surface area contributed by atoms with Gasteiger partial charge in [-0.2, -0.15) is 0 Å². The molecular weight excluding hydrogens is 317 g/mol. The van der Waals surface area contributed by atoms with E-state index >= 15 is 0 Å². The van der Waals surface area contributed by atoms with Gasteiger partial charge in [0.05, 0.1) is 5.52 Å². The highest BCUT2D eigenvalue weighted by Gasteiger charge is 2.38. The van der Waals surface area contributed by atoms with Crippen LogP contribution >= 0.6 is 0 Å². The van der Waals surface area contributed by atoms with Crippen molar-refractivity contribution in [2.45, 2.75) is 51.2 Å². The van der Waals surface area contributed by atoms with E-state index in [1.54, 1.807) is 25.3 Å². The molecular formula is C20H24FN3O. The lowest BCUT2D eigenvalue weighted by atomic mass is 10.0. The van der Waals surface area contributed by atoms with Crippen LogP contribution in [0.2, 0.25) is 0 Å². The molecule has 2 saturated heterocycles. The molecule has 2 aromatic rings. The zero-order chi connectivity index (χ0) is 17.4. The van der Waals surface area contributed by atoms with Crippen LogP contribution < -0.4 is 0 Å². The van der Waals surface area contributed by atoms with Crippen molar-refractivity contribution in [3.8, 4) is 0 Å². The summed E-state index contributed by atoms with van der Waals surface area (Å²) in [7, 11) is 0. The highest BCUT2D eigenvalue weighted by molar-refractivity contribution is 5.81. The minimum Gasteiger partial charge on any atom is -0.338 e. The van der Waals surface area contributed by atoms with Crippen molar-refractivity contribution < 1.29 is 9.18 Å². The van der Waals surface area contributed by atoms with Gasteiger partial charge < -0.3 is 4.90 Å². The lowest BCUT2D eigenvalue weighted by Crippen LogP contribution is -2.47. The molecule has 1 aromatic carbocycles. The van der Waals surface area contributed by atoms with Gasteiger partial charge in [0.25, 0.3) is 0 Å². The van der Waals surface area contributed by atoms with Gasteiger partial charge in [0, 0.05) is 43.7 Å². The van der Waals surface area contributed by atoms with E-state index in [1.165, 1.54) is 0 Å². The zero-order valence-corrected chi connectivity index (χ0v) is 14.6. The van der Waals surface area contributed by atoms with Crippen molar-refractivity contribution in [3.05, 3.63) is 41.8 Å². The summed E-state index contributed by atoms with van der Waals surface area (Å²) >= 11 is 0. The summed E-state index contributed by atoms with van der Waals surface area (Å²) in [6.45, 7) is 4.23. The third kappa shape index (κ3) is 3.13. The topological polar surface area (TPSA) is 36.4 Å². The van der Waals surface area contributed by atoms with Crippen LogP contribution in [-0.4, -0.2) is 45.9 Å². The second kappa shape index (κ2) is 6.71. The van der Waals surface area contributed by atoms with Crippen LogP contribution in [0.3, 0.4) is 0 Å². The van der Waals surface area contributed by atoms with Gasteiger partial charge >= 0.3 is 0 Å². The first-order chi connectivity index (χ1) is 12.1. The molecule has 0 saturated carbocycles. The van der Waals surface area contributed by atoms with E-state index in [0.717, 1.165) is 55.2 Å². The van der Waals surface area contributed by atoms with Gasteiger partial charge in [-0.3, -0.25) is 14.7 Å². The molecule has 2 atom stereocenters. The largest absolute Gasteiger partial charge is 0.338 e. The van der Waals surface area contributed by atoms with E-state index in [0.29, 0.717) is 18.6 Å². The molecule has 1 amide bonds. The second-order valence-electron chi connectivity index (χ2n) is 7.24. The van der Waals surface area contributed by atoms with Gasteiger partial charge in [-0.05, 0) is 56.0 Å². The number of hydrogen-bond acceptors (Lipinski definition) is 3. The van der Waals surface area contributed by atoms with Crippen molar-refractivity contribution in [2.24, 2.45) is 0 Å². The smallest absolute Gasteiger partial charge is 0.219 e. The number of halogens is 1. The van der Waals surface area contributed by atoms with E-state index in [1.807, 2.05) is 17.0 Å². The minimum atomic E-state index is -0.211. The number of carbonyl (C=O) groups excluding carboxylic acids is 1. The molecule has 1 aromatic heterocycles. The quantitative estimate of drug-likeness (QED) is 0.859. The molecule has 132 valence electrons. The predicted octanol–water partition coefficient (Wildman–Crippen LogP) is 3.35. The van der Waals surface area contributed by atoms with Crippen LogP contribution in [0, 0.1) is 5.82 Å². The molecule has 4 rings (SSSR count). The molecule has 2 aliphatic rings. The van der Waals surface area contributed by atoms with E-state index in [9.17, 15) is 9.18 Å².